The summed E-state index contributed by atoms with van der Waals surface area (Å²) < 4.78 is 30.0. The Morgan fingerprint density at radius 2 is 1.30 bits per heavy atom. The molecule has 0 atom stereocenters. The summed E-state index contributed by atoms with van der Waals surface area (Å²) in [4.78, 5) is 30.2. The number of hydrogen-bond acceptors (Lipinski definition) is 5. The molecule has 0 bridgehead atoms. The van der Waals surface area contributed by atoms with Crippen LogP contribution >= 0.6 is 0 Å². The number of aliphatic imine (C=N–C) groups is 1. The van der Waals surface area contributed by atoms with Crippen LogP contribution in [0.5, 0.6) is 5.75 Å². The van der Waals surface area contributed by atoms with Crippen LogP contribution in [0.4, 0.5) is 0 Å². The zero-order valence-electron chi connectivity index (χ0n) is 13.8. The van der Waals surface area contributed by atoms with Crippen LogP contribution in [0, 0.1) is 26.6 Å². The van der Waals surface area contributed by atoms with Crippen LogP contribution in [0.15, 0.2) is 29.3 Å². The molecule has 1 rings (SSSR count). The molecule has 8 N–H and O–H groups in total. The van der Waals surface area contributed by atoms with E-state index in [-0.39, 0.29) is 43.8 Å². The number of aromatic hydroxyl groups is 1. The average molecular weight is 485 g/mol. The van der Waals surface area contributed by atoms with E-state index < -0.39 is 8.80 Å². The maximum Gasteiger partial charge on any atom is 0 e. The Kier molecular flexibility index (Phi) is 58.6. The van der Waals surface area contributed by atoms with Gasteiger partial charge in [0.2, 0.25) is 0 Å². The first kappa shape index (κ1) is 44.6. The van der Waals surface area contributed by atoms with Crippen molar-refractivity contribution in [3.8, 4) is 5.75 Å². The van der Waals surface area contributed by atoms with Crippen molar-refractivity contribution >= 4 is 15.0 Å². The van der Waals surface area contributed by atoms with Crippen molar-refractivity contribution in [3.63, 3.8) is 0 Å². The number of para-hydroxylation sites is 1. The monoisotopic (exact) mass is 487 g/mol. The molecule has 1 aromatic rings. The smallest absolute Gasteiger partial charge is 0 e. The molecule has 0 spiro atoms. The Morgan fingerprint density at radius 1 is 0.889 bits per heavy atom. The summed E-state index contributed by atoms with van der Waals surface area (Å²) in [7, 11) is -3.92. The van der Waals surface area contributed by atoms with E-state index in [4.69, 9.17) is 33.0 Å². The molecule has 0 aromatic heterocycles. The van der Waals surface area contributed by atoms with Gasteiger partial charge >= 0.3 is 54.0 Å². The van der Waals surface area contributed by atoms with E-state index in [1.54, 1.807) is 24.3 Å². The van der Waals surface area contributed by atoms with Crippen molar-refractivity contribution in [1.82, 2.24) is 0 Å². The summed E-state index contributed by atoms with van der Waals surface area (Å²) in [5.41, 5.74) is 0.614. The quantitative estimate of drug-likeness (QED) is 0.126. The third-order valence-corrected chi connectivity index (χ3v) is 2.99. The van der Waals surface area contributed by atoms with Gasteiger partial charge in [0, 0.05) is 45.4 Å². The van der Waals surface area contributed by atoms with Crippen molar-refractivity contribution in [2.75, 3.05) is 6.54 Å². The number of hydrogen-bond donors (Lipinski definition) is 4. The molecule has 0 heterocycles. The van der Waals surface area contributed by atoms with Gasteiger partial charge in [0.25, 0.3) is 0 Å². The third-order valence-electron chi connectivity index (χ3n) is 1.97. The van der Waals surface area contributed by atoms with Gasteiger partial charge in [-0.3, -0.25) is 4.99 Å². The first-order valence-electron chi connectivity index (χ1n) is 5.75. The third kappa shape index (κ3) is 36.1. The van der Waals surface area contributed by atoms with Crippen molar-refractivity contribution in [3.05, 3.63) is 56.4 Å². The average Bonchev–Trinajstić information content (AvgIpc) is 2.62. The van der Waals surface area contributed by atoms with Gasteiger partial charge in [-0.15, -0.1) is 0 Å². The molecule has 0 aliphatic heterocycles. The van der Waals surface area contributed by atoms with Gasteiger partial charge in [-0.05, 0) is 18.6 Å². The minimum absolute atomic E-state index is 0. The normalized spacial score (nSPS) is 7.52. The van der Waals surface area contributed by atoms with Crippen LogP contribution in [0.3, 0.4) is 0 Å². The van der Waals surface area contributed by atoms with Gasteiger partial charge in [-0.2, -0.15) is 0 Å². The summed E-state index contributed by atoms with van der Waals surface area (Å²) in [6.07, 6.45) is 1.92. The van der Waals surface area contributed by atoms with Gasteiger partial charge in [0.05, 0.1) is 0 Å². The fourth-order valence-corrected chi connectivity index (χ4v) is 1.80. The second-order valence-corrected chi connectivity index (χ2v) is 5.52. The van der Waals surface area contributed by atoms with E-state index in [0.29, 0.717) is 18.5 Å². The van der Waals surface area contributed by atoms with E-state index in [0.717, 1.165) is 0 Å². The molecule has 11 nitrogen and oxygen atoms in total. The first-order chi connectivity index (χ1) is 11.5. The fraction of sp³-hybridized carbons (Fsp3) is 0.214. The standard InChI is InChI=1S/C10H15NO4Si.4CO.Mo.2H2O/c12-10-5-2-1-4-9(10)8-11-6-3-7-16(13,14)15;4*1-2;;;/h1-2,4-5,8,12-15H,3,6-7H2;;;;;;2*1H2. The second kappa shape index (κ2) is 35.5. The van der Waals surface area contributed by atoms with Gasteiger partial charge in [-0.25, -0.2) is 0 Å². The van der Waals surface area contributed by atoms with E-state index in [1.165, 1.54) is 6.21 Å². The molecular weight excluding hydrogens is 466 g/mol. The van der Waals surface area contributed by atoms with Crippen LogP contribution in [0.25, 0.3) is 0 Å². The predicted molar refractivity (Wildman–Crippen MR) is 85.3 cm³/mol. The number of benzene rings is 1. The maximum absolute atomic E-state index is 9.39. The molecule has 0 aliphatic carbocycles. The molecule has 0 radical (unpaired) electrons. The van der Waals surface area contributed by atoms with Gasteiger partial charge in [-0.1, -0.05) is 12.1 Å². The number of phenolic OH excluding ortho intramolecular Hbond substituents is 1. The van der Waals surface area contributed by atoms with Crippen molar-refractivity contribution in [2.45, 2.75) is 12.5 Å². The van der Waals surface area contributed by atoms with Crippen LogP contribution < -0.4 is 0 Å². The molecule has 0 unspecified atom stereocenters. The molecule has 0 amide bonds. The van der Waals surface area contributed by atoms with E-state index >= 15 is 0 Å². The van der Waals surface area contributed by atoms with Crippen LogP contribution in [0.1, 0.15) is 12.0 Å². The summed E-state index contributed by atoms with van der Waals surface area (Å²) in [5, 5.41) is 9.39. The Hall–Kier alpha value is -1.64. The molecule has 27 heavy (non-hydrogen) atoms. The van der Waals surface area contributed by atoms with Gasteiger partial charge < -0.3 is 30.4 Å². The van der Waals surface area contributed by atoms with Gasteiger partial charge in [0.15, 0.2) is 0 Å². The Morgan fingerprint density at radius 3 is 1.67 bits per heavy atom. The van der Waals surface area contributed by atoms with Gasteiger partial charge in [0.1, 0.15) is 5.75 Å². The molecular formula is C14H19MoNO10Si. The first-order valence-corrected chi connectivity index (χ1v) is 7.80. The summed E-state index contributed by atoms with van der Waals surface area (Å²) in [6.45, 7) is 18.4. The van der Waals surface area contributed by atoms with E-state index in [9.17, 15) is 5.11 Å². The molecule has 1 aromatic carbocycles. The molecule has 150 valence electrons. The molecule has 0 saturated heterocycles. The number of phenols is 1. The molecule has 0 saturated carbocycles. The summed E-state index contributed by atoms with van der Waals surface area (Å²) in [6, 6.07) is 6.77. The SMILES string of the molecule is O.O.Oc1ccccc1C=NCCC[Si](O)(O)O.[C-]#[O+].[C-]#[O+].[C-]#[O+].[C-]#[O+].[Mo]. The van der Waals surface area contributed by atoms with Crippen LogP contribution in [-0.2, 0) is 39.7 Å². The minimum atomic E-state index is -3.92. The van der Waals surface area contributed by atoms with Crippen molar-refractivity contribution in [1.29, 1.82) is 0 Å². The Balaban J connectivity index is -0.0000000646. The van der Waals surface area contributed by atoms with Crippen LogP contribution in [-0.4, -0.2) is 52.0 Å². The van der Waals surface area contributed by atoms with Crippen molar-refractivity contribution < 1.29 is 70.1 Å². The number of nitrogens with zero attached hydrogens (tertiary/aromatic N) is 1. The van der Waals surface area contributed by atoms with Crippen LogP contribution in [0.2, 0.25) is 6.04 Å². The Labute approximate surface area is 171 Å². The topological polar surface area (TPSA) is 236 Å². The minimum Gasteiger partial charge on any atom is 0 e. The number of rotatable bonds is 5. The molecule has 13 heteroatoms. The maximum atomic E-state index is 9.39. The predicted octanol–water partition coefficient (Wildman–Crippen LogP) is -1.68. The summed E-state index contributed by atoms with van der Waals surface area (Å²) in [5.74, 6) is 0.154. The fourth-order valence-electron chi connectivity index (χ4n) is 1.17. The Bertz CT molecular complexity index is 502. The van der Waals surface area contributed by atoms with Crippen molar-refractivity contribution in [2.24, 2.45) is 4.99 Å². The molecule has 0 aliphatic rings. The van der Waals surface area contributed by atoms with E-state index in [2.05, 4.69) is 31.6 Å². The summed E-state index contributed by atoms with van der Waals surface area (Å²) >= 11 is 0. The van der Waals surface area contributed by atoms with E-state index in [1.807, 2.05) is 0 Å². The zero-order valence-corrected chi connectivity index (χ0v) is 16.8. The molecule has 0 fully saturated rings. The second-order valence-electron chi connectivity index (χ2n) is 3.47. The largest absolute Gasteiger partial charge is 0 e. The zero-order chi connectivity index (χ0) is 20.0.